The molecule has 96 valence electrons. The number of nitrogens with zero attached hydrogens (tertiary/aromatic N) is 3. The zero-order chi connectivity index (χ0) is 13.0. The second-order valence-corrected chi connectivity index (χ2v) is 5.35. The maximum absolute atomic E-state index is 4.65. The summed E-state index contributed by atoms with van der Waals surface area (Å²) in [6.07, 6.45) is 3.00. The third-order valence-corrected chi connectivity index (χ3v) is 3.45. The lowest BCUT2D eigenvalue weighted by Crippen LogP contribution is -2.33. The van der Waals surface area contributed by atoms with Crippen molar-refractivity contribution in [2.75, 3.05) is 16.8 Å². The Labute approximate surface area is 116 Å². The fourth-order valence-corrected chi connectivity index (χ4v) is 2.17. The van der Waals surface area contributed by atoms with Crippen molar-refractivity contribution in [2.24, 2.45) is 0 Å². The number of hydrogen-bond donors (Lipinski definition) is 0. The molecule has 1 aromatic heterocycles. The van der Waals surface area contributed by atoms with Gasteiger partial charge in [0.25, 0.3) is 0 Å². The van der Waals surface area contributed by atoms with Gasteiger partial charge in [-0.15, -0.1) is 0 Å². The molecule has 18 heavy (non-hydrogen) atoms. The van der Waals surface area contributed by atoms with E-state index in [0.29, 0.717) is 6.04 Å². The van der Waals surface area contributed by atoms with Crippen LogP contribution in [0.3, 0.4) is 0 Å². The summed E-state index contributed by atoms with van der Waals surface area (Å²) in [5, 5.41) is 2.09. The van der Waals surface area contributed by atoms with Crippen LogP contribution in [-0.4, -0.2) is 27.9 Å². The molecule has 0 fully saturated rings. The van der Waals surface area contributed by atoms with Crippen LogP contribution >= 0.6 is 15.9 Å². The molecule has 1 aromatic carbocycles. The molecule has 2 rings (SSSR count). The highest BCUT2D eigenvalue weighted by molar-refractivity contribution is 9.09. The Bertz CT molecular complexity index is 513. The van der Waals surface area contributed by atoms with Crippen LogP contribution in [0.2, 0.25) is 0 Å². The maximum atomic E-state index is 4.65. The van der Waals surface area contributed by atoms with E-state index in [1.165, 1.54) is 0 Å². The summed E-state index contributed by atoms with van der Waals surface area (Å²) in [5.74, 6) is 0.824. The first-order valence-corrected chi connectivity index (χ1v) is 7.39. The summed E-state index contributed by atoms with van der Waals surface area (Å²) in [4.78, 5) is 11.4. The molecule has 4 heteroatoms. The molecule has 0 radical (unpaired) electrons. The van der Waals surface area contributed by atoms with E-state index in [-0.39, 0.29) is 0 Å². The van der Waals surface area contributed by atoms with E-state index in [0.717, 1.165) is 35.1 Å². The second-order valence-electron chi connectivity index (χ2n) is 4.56. The van der Waals surface area contributed by atoms with Gasteiger partial charge in [-0.3, -0.25) is 0 Å². The number of benzene rings is 1. The Morgan fingerprint density at radius 3 is 2.78 bits per heavy atom. The Morgan fingerprint density at radius 2 is 2.06 bits per heavy atom. The van der Waals surface area contributed by atoms with Crippen LogP contribution in [0.5, 0.6) is 0 Å². The van der Waals surface area contributed by atoms with Gasteiger partial charge in [0.15, 0.2) is 0 Å². The molecule has 0 saturated carbocycles. The van der Waals surface area contributed by atoms with Gasteiger partial charge in [0.2, 0.25) is 5.95 Å². The zero-order valence-corrected chi connectivity index (χ0v) is 12.4. The van der Waals surface area contributed by atoms with E-state index in [4.69, 9.17) is 0 Å². The van der Waals surface area contributed by atoms with Gasteiger partial charge >= 0.3 is 0 Å². The van der Waals surface area contributed by atoms with Crippen LogP contribution in [0.15, 0.2) is 30.5 Å². The first kappa shape index (κ1) is 13.3. The number of alkyl halides is 1. The van der Waals surface area contributed by atoms with Crippen LogP contribution in [0.25, 0.3) is 10.9 Å². The highest BCUT2D eigenvalue weighted by atomic mass is 79.9. The first-order chi connectivity index (χ1) is 8.72. The molecule has 0 N–H and O–H groups in total. The molecule has 3 nitrogen and oxygen atoms in total. The molecule has 0 saturated heterocycles. The molecule has 2 aromatic rings. The fourth-order valence-electron chi connectivity index (χ4n) is 1.92. The highest BCUT2D eigenvalue weighted by Crippen LogP contribution is 2.17. The molecular weight excluding hydrogens is 290 g/mol. The summed E-state index contributed by atoms with van der Waals surface area (Å²) < 4.78 is 0. The van der Waals surface area contributed by atoms with Gasteiger partial charge in [0.1, 0.15) is 0 Å². The maximum Gasteiger partial charge on any atom is 0.226 e. The molecule has 0 amide bonds. The van der Waals surface area contributed by atoms with Crippen molar-refractivity contribution in [2.45, 2.75) is 26.3 Å². The number of anilines is 1. The molecule has 0 atom stereocenters. The van der Waals surface area contributed by atoms with Crippen molar-refractivity contribution < 1.29 is 0 Å². The minimum Gasteiger partial charge on any atom is -0.338 e. The Kier molecular flexibility index (Phi) is 4.53. The van der Waals surface area contributed by atoms with E-state index < -0.39 is 0 Å². The van der Waals surface area contributed by atoms with Gasteiger partial charge in [0, 0.05) is 29.5 Å². The van der Waals surface area contributed by atoms with Gasteiger partial charge in [-0.2, -0.15) is 0 Å². The number of rotatable bonds is 5. The summed E-state index contributed by atoms with van der Waals surface area (Å²) in [6.45, 7) is 5.32. The molecule has 0 aliphatic rings. The number of para-hydroxylation sites is 1. The van der Waals surface area contributed by atoms with E-state index in [2.05, 4.69) is 44.6 Å². The van der Waals surface area contributed by atoms with E-state index in [1.54, 1.807) is 0 Å². The molecule has 0 aliphatic heterocycles. The third-order valence-electron chi connectivity index (χ3n) is 2.89. The number of fused-ring (bicyclic) bond motifs is 1. The van der Waals surface area contributed by atoms with Crippen molar-refractivity contribution in [3.05, 3.63) is 30.5 Å². The zero-order valence-electron chi connectivity index (χ0n) is 10.8. The molecule has 1 heterocycles. The summed E-state index contributed by atoms with van der Waals surface area (Å²) in [5.41, 5.74) is 1.01. The Hall–Kier alpha value is -1.16. The van der Waals surface area contributed by atoms with Gasteiger partial charge < -0.3 is 4.90 Å². The van der Waals surface area contributed by atoms with E-state index in [1.807, 2.05) is 30.5 Å². The molecule has 0 bridgehead atoms. The van der Waals surface area contributed by atoms with Crippen molar-refractivity contribution in [1.82, 2.24) is 9.97 Å². The fraction of sp³-hybridized carbons (Fsp3) is 0.429. The van der Waals surface area contributed by atoms with Crippen molar-refractivity contribution in [3.63, 3.8) is 0 Å². The van der Waals surface area contributed by atoms with Crippen LogP contribution in [0.1, 0.15) is 20.3 Å². The van der Waals surface area contributed by atoms with Crippen LogP contribution in [0.4, 0.5) is 5.95 Å². The Balaban J connectivity index is 2.32. The molecule has 0 spiro atoms. The van der Waals surface area contributed by atoms with Crippen molar-refractivity contribution >= 4 is 32.8 Å². The van der Waals surface area contributed by atoms with Crippen LogP contribution in [-0.2, 0) is 0 Å². The second kappa shape index (κ2) is 6.14. The van der Waals surface area contributed by atoms with E-state index >= 15 is 0 Å². The minimum absolute atomic E-state index is 0.408. The standard InChI is InChI=1S/C14H18BrN3/c1-11(2)18(9-5-8-15)14-16-10-12-6-3-4-7-13(12)17-14/h3-4,6-7,10-11H,5,8-9H2,1-2H3. The summed E-state index contributed by atoms with van der Waals surface area (Å²) in [6, 6.07) is 8.50. The monoisotopic (exact) mass is 307 g/mol. The quantitative estimate of drug-likeness (QED) is 0.790. The smallest absolute Gasteiger partial charge is 0.226 e. The van der Waals surface area contributed by atoms with Gasteiger partial charge in [-0.1, -0.05) is 34.1 Å². The normalized spacial score (nSPS) is 11.1. The van der Waals surface area contributed by atoms with E-state index in [9.17, 15) is 0 Å². The number of halogens is 1. The van der Waals surface area contributed by atoms with Gasteiger partial charge in [-0.05, 0) is 26.3 Å². The van der Waals surface area contributed by atoms with Crippen molar-refractivity contribution in [1.29, 1.82) is 0 Å². The lowest BCUT2D eigenvalue weighted by atomic mass is 10.2. The number of aromatic nitrogens is 2. The largest absolute Gasteiger partial charge is 0.338 e. The number of hydrogen-bond acceptors (Lipinski definition) is 3. The predicted octanol–water partition coefficient (Wildman–Crippen LogP) is 3.63. The third kappa shape index (κ3) is 2.99. The van der Waals surface area contributed by atoms with Crippen LogP contribution < -0.4 is 4.90 Å². The highest BCUT2D eigenvalue weighted by Gasteiger charge is 2.13. The lowest BCUT2D eigenvalue weighted by molar-refractivity contribution is 0.656. The van der Waals surface area contributed by atoms with Crippen molar-refractivity contribution in [3.8, 4) is 0 Å². The molecule has 0 unspecified atom stereocenters. The minimum atomic E-state index is 0.408. The molecule has 0 aliphatic carbocycles. The lowest BCUT2D eigenvalue weighted by Gasteiger charge is -2.26. The Morgan fingerprint density at radius 1 is 1.28 bits per heavy atom. The average Bonchev–Trinajstić information content (AvgIpc) is 2.38. The van der Waals surface area contributed by atoms with Crippen LogP contribution in [0, 0.1) is 0 Å². The summed E-state index contributed by atoms with van der Waals surface area (Å²) >= 11 is 3.47. The van der Waals surface area contributed by atoms with Gasteiger partial charge in [-0.25, -0.2) is 9.97 Å². The topological polar surface area (TPSA) is 29.0 Å². The molecular formula is C14H18BrN3. The van der Waals surface area contributed by atoms with Gasteiger partial charge in [0.05, 0.1) is 5.52 Å². The average molecular weight is 308 g/mol. The predicted molar refractivity (Wildman–Crippen MR) is 80.4 cm³/mol. The SMILES string of the molecule is CC(C)N(CCCBr)c1ncc2ccccc2n1. The summed E-state index contributed by atoms with van der Waals surface area (Å²) in [7, 11) is 0. The first-order valence-electron chi connectivity index (χ1n) is 6.27.